The third-order valence-corrected chi connectivity index (χ3v) is 3.00. The first-order valence-corrected chi connectivity index (χ1v) is 5.46. The summed E-state index contributed by atoms with van der Waals surface area (Å²) in [7, 11) is 2.17. The number of hydrogen-bond donors (Lipinski definition) is 1. The van der Waals surface area contributed by atoms with Crippen molar-refractivity contribution >= 4 is 0 Å². The van der Waals surface area contributed by atoms with Crippen LogP contribution in [0, 0.1) is 0 Å². The largest absolute Gasteiger partial charge is 0.355 e. The Morgan fingerprint density at radius 3 is 3.00 bits per heavy atom. The van der Waals surface area contributed by atoms with Gasteiger partial charge in [-0.15, -0.1) is 0 Å². The first kappa shape index (κ1) is 10.4. The molecule has 0 aliphatic carbocycles. The van der Waals surface area contributed by atoms with Crippen LogP contribution in [0.3, 0.4) is 0 Å². The van der Waals surface area contributed by atoms with Crippen molar-refractivity contribution in [3.05, 3.63) is 0 Å². The molecule has 2 rings (SSSR count). The Kier molecular flexibility index (Phi) is 3.75. The van der Waals surface area contributed by atoms with Gasteiger partial charge in [-0.3, -0.25) is 0 Å². The summed E-state index contributed by atoms with van der Waals surface area (Å²) < 4.78 is 10.6. The molecule has 0 radical (unpaired) electrons. The quantitative estimate of drug-likeness (QED) is 0.697. The van der Waals surface area contributed by atoms with Gasteiger partial charge in [0.2, 0.25) is 0 Å². The predicted molar refractivity (Wildman–Crippen MR) is 54.2 cm³/mol. The molecule has 0 saturated carbocycles. The second kappa shape index (κ2) is 5.07. The van der Waals surface area contributed by atoms with Crippen LogP contribution in [0.1, 0.15) is 12.8 Å². The molecular formula is C10H20N2O2. The van der Waals surface area contributed by atoms with E-state index >= 15 is 0 Å². The van der Waals surface area contributed by atoms with Crippen molar-refractivity contribution in [1.29, 1.82) is 0 Å². The predicted octanol–water partition coefficient (Wildman–Crippen LogP) is 0.0431. The number of hydrogen-bond acceptors (Lipinski definition) is 4. The van der Waals surface area contributed by atoms with Crippen LogP contribution >= 0.6 is 0 Å². The van der Waals surface area contributed by atoms with Crippen molar-refractivity contribution in [2.24, 2.45) is 0 Å². The van der Waals surface area contributed by atoms with Crippen LogP contribution in [-0.2, 0) is 9.47 Å². The van der Waals surface area contributed by atoms with E-state index in [9.17, 15) is 0 Å². The van der Waals surface area contributed by atoms with Crippen LogP contribution in [0.15, 0.2) is 0 Å². The summed E-state index contributed by atoms with van der Waals surface area (Å²) in [5.41, 5.74) is 0. The Bertz CT molecular complexity index is 167. The molecule has 2 aliphatic rings. The highest BCUT2D eigenvalue weighted by molar-refractivity contribution is 4.80. The molecule has 0 aromatic rings. The Morgan fingerprint density at radius 2 is 2.36 bits per heavy atom. The number of ether oxygens (including phenoxy) is 2. The van der Waals surface area contributed by atoms with E-state index in [1.165, 1.54) is 19.5 Å². The third-order valence-electron chi connectivity index (χ3n) is 3.00. The fourth-order valence-electron chi connectivity index (χ4n) is 2.06. The minimum atomic E-state index is 0.356. The van der Waals surface area contributed by atoms with Gasteiger partial charge in [0.1, 0.15) is 6.79 Å². The molecule has 2 aliphatic heterocycles. The molecule has 0 aromatic heterocycles. The van der Waals surface area contributed by atoms with Crippen LogP contribution < -0.4 is 5.32 Å². The molecule has 0 amide bonds. The zero-order valence-corrected chi connectivity index (χ0v) is 8.87. The maximum Gasteiger partial charge on any atom is 0.147 e. The van der Waals surface area contributed by atoms with Gasteiger partial charge in [-0.25, -0.2) is 0 Å². The summed E-state index contributed by atoms with van der Waals surface area (Å²) in [5, 5.41) is 3.56. The standard InChI is InChI=1S/C10H20N2O2/c1-12-4-2-9(7-12)11-6-10-3-5-13-8-14-10/h9-11H,2-8H2,1H3. The number of likely N-dealkylation sites (N-methyl/N-ethyl adjacent to an activating group) is 1. The van der Waals surface area contributed by atoms with Crippen molar-refractivity contribution < 1.29 is 9.47 Å². The zero-order chi connectivity index (χ0) is 9.80. The Morgan fingerprint density at radius 1 is 1.43 bits per heavy atom. The molecule has 0 spiro atoms. The average Bonchev–Trinajstić information content (AvgIpc) is 2.63. The molecule has 14 heavy (non-hydrogen) atoms. The minimum absolute atomic E-state index is 0.356. The highest BCUT2D eigenvalue weighted by atomic mass is 16.7. The van der Waals surface area contributed by atoms with E-state index in [-0.39, 0.29) is 0 Å². The maximum atomic E-state index is 5.47. The van der Waals surface area contributed by atoms with Gasteiger partial charge in [-0.2, -0.15) is 0 Å². The molecule has 0 bridgehead atoms. The molecule has 1 N–H and O–H groups in total. The molecule has 0 aromatic carbocycles. The van der Waals surface area contributed by atoms with E-state index in [1.54, 1.807) is 0 Å². The van der Waals surface area contributed by atoms with E-state index in [0.717, 1.165) is 19.6 Å². The molecule has 2 saturated heterocycles. The lowest BCUT2D eigenvalue weighted by molar-refractivity contribution is -0.137. The van der Waals surface area contributed by atoms with Gasteiger partial charge in [0.05, 0.1) is 12.7 Å². The Balaban J connectivity index is 1.61. The third kappa shape index (κ3) is 2.92. The van der Waals surface area contributed by atoms with E-state index in [1.807, 2.05) is 0 Å². The summed E-state index contributed by atoms with van der Waals surface area (Å²) >= 11 is 0. The summed E-state index contributed by atoms with van der Waals surface area (Å²) in [6, 6.07) is 0.659. The van der Waals surface area contributed by atoms with Gasteiger partial charge in [-0.05, 0) is 26.4 Å². The summed E-state index contributed by atoms with van der Waals surface area (Å²) in [6.07, 6.45) is 2.64. The molecule has 4 heteroatoms. The van der Waals surface area contributed by atoms with Gasteiger partial charge < -0.3 is 19.7 Å². The summed E-state index contributed by atoms with van der Waals surface area (Å²) in [6.45, 7) is 4.67. The lowest BCUT2D eigenvalue weighted by atomic mass is 10.2. The van der Waals surface area contributed by atoms with Crippen LogP contribution in [-0.4, -0.2) is 57.1 Å². The van der Waals surface area contributed by atoms with Crippen LogP contribution in [0.2, 0.25) is 0 Å². The van der Waals surface area contributed by atoms with Gasteiger partial charge in [0, 0.05) is 19.1 Å². The van der Waals surface area contributed by atoms with E-state index in [2.05, 4.69) is 17.3 Å². The molecule has 4 nitrogen and oxygen atoms in total. The molecule has 82 valence electrons. The van der Waals surface area contributed by atoms with Gasteiger partial charge >= 0.3 is 0 Å². The molecule has 2 atom stereocenters. The van der Waals surface area contributed by atoms with Crippen LogP contribution in [0.4, 0.5) is 0 Å². The first-order valence-electron chi connectivity index (χ1n) is 5.46. The summed E-state index contributed by atoms with van der Waals surface area (Å²) in [4.78, 5) is 2.36. The van der Waals surface area contributed by atoms with Crippen molar-refractivity contribution in [3.8, 4) is 0 Å². The lowest BCUT2D eigenvalue weighted by Crippen LogP contribution is -2.40. The van der Waals surface area contributed by atoms with Crippen molar-refractivity contribution in [1.82, 2.24) is 10.2 Å². The zero-order valence-electron chi connectivity index (χ0n) is 8.87. The number of nitrogens with one attached hydrogen (secondary N) is 1. The maximum absolute atomic E-state index is 5.47. The smallest absolute Gasteiger partial charge is 0.147 e. The normalized spacial score (nSPS) is 34.9. The second-order valence-electron chi connectivity index (χ2n) is 4.26. The summed E-state index contributed by atoms with van der Waals surface area (Å²) in [5.74, 6) is 0. The van der Waals surface area contributed by atoms with Gasteiger partial charge in [-0.1, -0.05) is 0 Å². The molecule has 2 fully saturated rings. The van der Waals surface area contributed by atoms with E-state index in [0.29, 0.717) is 18.9 Å². The topological polar surface area (TPSA) is 33.7 Å². The van der Waals surface area contributed by atoms with Crippen molar-refractivity contribution in [2.45, 2.75) is 25.0 Å². The van der Waals surface area contributed by atoms with Crippen LogP contribution in [0.5, 0.6) is 0 Å². The first-order chi connectivity index (χ1) is 6.84. The molecular weight excluding hydrogens is 180 g/mol. The highest BCUT2D eigenvalue weighted by Gasteiger charge is 2.21. The highest BCUT2D eigenvalue weighted by Crippen LogP contribution is 2.08. The number of rotatable bonds is 3. The second-order valence-corrected chi connectivity index (χ2v) is 4.26. The lowest BCUT2D eigenvalue weighted by Gasteiger charge is -2.24. The Labute approximate surface area is 85.5 Å². The van der Waals surface area contributed by atoms with Crippen LogP contribution in [0.25, 0.3) is 0 Å². The monoisotopic (exact) mass is 200 g/mol. The average molecular weight is 200 g/mol. The van der Waals surface area contributed by atoms with E-state index < -0.39 is 0 Å². The fraction of sp³-hybridized carbons (Fsp3) is 1.00. The Hall–Kier alpha value is -0.160. The molecule has 2 heterocycles. The van der Waals surface area contributed by atoms with Crippen molar-refractivity contribution in [3.63, 3.8) is 0 Å². The number of likely N-dealkylation sites (tertiary alicyclic amines) is 1. The van der Waals surface area contributed by atoms with E-state index in [4.69, 9.17) is 9.47 Å². The van der Waals surface area contributed by atoms with Gasteiger partial charge in [0.25, 0.3) is 0 Å². The van der Waals surface area contributed by atoms with Crippen molar-refractivity contribution in [2.75, 3.05) is 40.1 Å². The molecule has 2 unspecified atom stereocenters. The van der Waals surface area contributed by atoms with Gasteiger partial charge in [0.15, 0.2) is 0 Å². The minimum Gasteiger partial charge on any atom is -0.355 e. The SMILES string of the molecule is CN1CCC(NCC2CCOCO2)C1. The number of nitrogens with zero attached hydrogens (tertiary/aromatic N) is 1. The fourth-order valence-corrected chi connectivity index (χ4v) is 2.06.